The van der Waals surface area contributed by atoms with Crippen molar-refractivity contribution in [1.82, 2.24) is 0 Å². The third-order valence-electron chi connectivity index (χ3n) is 3.56. The fourth-order valence-corrected chi connectivity index (χ4v) is 3.37. The number of rotatable bonds is 7. The van der Waals surface area contributed by atoms with Crippen LogP contribution in [-0.4, -0.2) is 18.4 Å². The Bertz CT molecular complexity index is 735. The van der Waals surface area contributed by atoms with Gasteiger partial charge in [0, 0.05) is 27.8 Å². The Morgan fingerprint density at radius 2 is 2.00 bits per heavy atom. The number of esters is 1. The largest absolute Gasteiger partial charge is 0.465 e. The van der Waals surface area contributed by atoms with Gasteiger partial charge in [0.05, 0.1) is 12.7 Å². The van der Waals surface area contributed by atoms with E-state index in [0.717, 1.165) is 4.88 Å². The van der Waals surface area contributed by atoms with E-state index in [1.165, 1.54) is 11.3 Å². The summed E-state index contributed by atoms with van der Waals surface area (Å²) in [6.07, 6.45) is 0.0547. The standard InChI is InChI=1S/C18H16ClNO3S/c1-2-23-18(22)15(11-20)14(17-4-3-9-24-17)10-16(21)12-5-7-13(19)8-6-12/h3-9,14-15H,2,10H2,1H3. The first-order chi connectivity index (χ1) is 11.6. The molecule has 0 radical (unpaired) electrons. The molecule has 0 spiro atoms. The van der Waals surface area contributed by atoms with Gasteiger partial charge in [0.1, 0.15) is 0 Å². The van der Waals surface area contributed by atoms with Crippen LogP contribution < -0.4 is 0 Å². The van der Waals surface area contributed by atoms with Gasteiger partial charge in [0.25, 0.3) is 0 Å². The van der Waals surface area contributed by atoms with Crippen LogP contribution in [0.4, 0.5) is 0 Å². The number of carbonyl (C=O) groups is 2. The van der Waals surface area contributed by atoms with E-state index in [0.29, 0.717) is 10.6 Å². The van der Waals surface area contributed by atoms with E-state index >= 15 is 0 Å². The van der Waals surface area contributed by atoms with Gasteiger partial charge >= 0.3 is 5.97 Å². The van der Waals surface area contributed by atoms with Crippen LogP contribution in [0.15, 0.2) is 41.8 Å². The molecule has 0 amide bonds. The second kappa shape index (κ2) is 8.62. The van der Waals surface area contributed by atoms with Crippen LogP contribution in [0.25, 0.3) is 0 Å². The number of thiophene rings is 1. The van der Waals surface area contributed by atoms with Crippen molar-refractivity contribution in [3.8, 4) is 6.07 Å². The number of nitrogens with zero attached hydrogens (tertiary/aromatic N) is 1. The summed E-state index contributed by atoms with van der Waals surface area (Å²) in [7, 11) is 0. The Kier molecular flexibility index (Phi) is 6.53. The van der Waals surface area contributed by atoms with Gasteiger partial charge in [0.15, 0.2) is 11.7 Å². The normalized spacial score (nSPS) is 12.9. The predicted octanol–water partition coefficient (Wildman–Crippen LogP) is 4.46. The molecule has 2 unspecified atom stereocenters. The molecule has 0 aliphatic rings. The average molecular weight is 362 g/mol. The first-order valence-corrected chi connectivity index (χ1v) is 8.71. The molecule has 2 aromatic rings. The van der Waals surface area contributed by atoms with Crippen molar-refractivity contribution in [3.05, 3.63) is 57.2 Å². The summed E-state index contributed by atoms with van der Waals surface area (Å²) >= 11 is 7.26. The molecule has 1 aromatic heterocycles. The van der Waals surface area contributed by atoms with Gasteiger partial charge in [0.2, 0.25) is 0 Å². The molecule has 0 N–H and O–H groups in total. The van der Waals surface area contributed by atoms with Crippen molar-refractivity contribution >= 4 is 34.7 Å². The van der Waals surface area contributed by atoms with Crippen molar-refractivity contribution in [2.45, 2.75) is 19.3 Å². The Labute approximate surface area is 149 Å². The lowest BCUT2D eigenvalue weighted by Crippen LogP contribution is -2.25. The minimum atomic E-state index is -1.01. The number of carbonyl (C=O) groups excluding carboxylic acids is 2. The zero-order valence-electron chi connectivity index (χ0n) is 13.1. The second-order valence-corrected chi connectivity index (χ2v) is 6.53. The maximum atomic E-state index is 12.6. The quantitative estimate of drug-likeness (QED) is 0.539. The fraction of sp³-hybridized carbons (Fsp3) is 0.278. The van der Waals surface area contributed by atoms with Gasteiger partial charge in [-0.15, -0.1) is 11.3 Å². The van der Waals surface area contributed by atoms with Crippen molar-refractivity contribution in [3.63, 3.8) is 0 Å². The molecule has 0 aliphatic heterocycles. The number of nitriles is 1. The number of hydrogen-bond donors (Lipinski definition) is 0. The smallest absolute Gasteiger partial charge is 0.324 e. The van der Waals surface area contributed by atoms with Gasteiger partial charge in [-0.3, -0.25) is 9.59 Å². The van der Waals surface area contributed by atoms with Crippen LogP contribution in [0.5, 0.6) is 0 Å². The van der Waals surface area contributed by atoms with E-state index in [4.69, 9.17) is 16.3 Å². The van der Waals surface area contributed by atoms with Crippen molar-refractivity contribution < 1.29 is 14.3 Å². The SMILES string of the molecule is CCOC(=O)C(C#N)C(CC(=O)c1ccc(Cl)cc1)c1cccs1. The summed E-state index contributed by atoms with van der Waals surface area (Å²) in [5, 5.41) is 11.8. The minimum Gasteiger partial charge on any atom is -0.465 e. The molecule has 2 rings (SSSR count). The maximum absolute atomic E-state index is 12.6. The van der Waals surface area contributed by atoms with Crippen LogP contribution in [0.1, 0.15) is 34.5 Å². The van der Waals surface area contributed by atoms with E-state index in [-0.39, 0.29) is 18.8 Å². The Morgan fingerprint density at radius 3 is 2.54 bits per heavy atom. The monoisotopic (exact) mass is 361 g/mol. The summed E-state index contributed by atoms with van der Waals surface area (Å²) in [4.78, 5) is 25.5. The Balaban J connectivity index is 2.27. The molecule has 2 atom stereocenters. The van der Waals surface area contributed by atoms with E-state index in [1.807, 2.05) is 23.6 Å². The lowest BCUT2D eigenvalue weighted by atomic mass is 9.86. The third kappa shape index (κ3) is 4.44. The molecule has 1 heterocycles. The van der Waals surface area contributed by atoms with Crippen LogP contribution in [-0.2, 0) is 9.53 Å². The predicted molar refractivity (Wildman–Crippen MR) is 93.2 cm³/mol. The topological polar surface area (TPSA) is 67.2 Å². The van der Waals surface area contributed by atoms with Crippen molar-refractivity contribution in [1.29, 1.82) is 5.26 Å². The van der Waals surface area contributed by atoms with Gasteiger partial charge in [-0.1, -0.05) is 17.7 Å². The molecule has 0 saturated heterocycles. The summed E-state index contributed by atoms with van der Waals surface area (Å²) in [5.74, 6) is -2.28. The van der Waals surface area contributed by atoms with Crippen LogP contribution in [0.3, 0.4) is 0 Å². The highest BCUT2D eigenvalue weighted by atomic mass is 35.5. The van der Waals surface area contributed by atoms with E-state index < -0.39 is 17.8 Å². The number of halogens is 1. The molecule has 4 nitrogen and oxygen atoms in total. The van der Waals surface area contributed by atoms with Gasteiger partial charge in [-0.25, -0.2) is 0 Å². The molecule has 1 aromatic carbocycles. The Hall–Kier alpha value is -2.16. The van der Waals surface area contributed by atoms with Crippen LogP contribution >= 0.6 is 22.9 Å². The summed E-state index contributed by atoms with van der Waals surface area (Å²) in [6, 6.07) is 12.2. The number of Topliss-reactive ketones (excluding diaryl/α,β-unsaturated/α-hetero) is 1. The highest BCUT2D eigenvalue weighted by Gasteiger charge is 2.33. The summed E-state index contributed by atoms with van der Waals surface area (Å²) < 4.78 is 4.99. The molecule has 0 fully saturated rings. The average Bonchev–Trinajstić information content (AvgIpc) is 3.09. The third-order valence-corrected chi connectivity index (χ3v) is 4.82. The minimum absolute atomic E-state index is 0.0547. The lowest BCUT2D eigenvalue weighted by molar-refractivity contribution is -0.146. The molecule has 0 aliphatic carbocycles. The van der Waals surface area contributed by atoms with Crippen LogP contribution in [0.2, 0.25) is 5.02 Å². The first-order valence-electron chi connectivity index (χ1n) is 7.45. The van der Waals surface area contributed by atoms with Gasteiger partial charge in [-0.05, 0) is 42.6 Å². The highest BCUT2D eigenvalue weighted by Crippen LogP contribution is 2.33. The Morgan fingerprint density at radius 1 is 1.29 bits per heavy atom. The van der Waals surface area contributed by atoms with Gasteiger partial charge < -0.3 is 4.74 Å². The fourth-order valence-electron chi connectivity index (χ4n) is 2.38. The number of hydrogen-bond acceptors (Lipinski definition) is 5. The number of benzene rings is 1. The maximum Gasteiger partial charge on any atom is 0.324 e. The zero-order valence-corrected chi connectivity index (χ0v) is 14.6. The molecular weight excluding hydrogens is 346 g/mol. The molecule has 124 valence electrons. The number of ketones is 1. The van der Waals surface area contributed by atoms with Crippen LogP contribution in [0, 0.1) is 17.2 Å². The molecule has 0 saturated carbocycles. The number of ether oxygens (including phenoxy) is 1. The molecule has 6 heteroatoms. The summed E-state index contributed by atoms with van der Waals surface area (Å²) in [6.45, 7) is 1.88. The molecular formula is C18H16ClNO3S. The first kappa shape index (κ1) is 18.2. The molecule has 24 heavy (non-hydrogen) atoms. The van der Waals surface area contributed by atoms with E-state index in [9.17, 15) is 14.9 Å². The summed E-state index contributed by atoms with van der Waals surface area (Å²) in [5.41, 5.74) is 0.501. The van der Waals surface area contributed by atoms with Gasteiger partial charge in [-0.2, -0.15) is 5.26 Å². The highest BCUT2D eigenvalue weighted by molar-refractivity contribution is 7.10. The second-order valence-electron chi connectivity index (χ2n) is 5.11. The van der Waals surface area contributed by atoms with Crippen molar-refractivity contribution in [2.24, 2.45) is 5.92 Å². The lowest BCUT2D eigenvalue weighted by Gasteiger charge is -2.19. The van der Waals surface area contributed by atoms with E-state index in [2.05, 4.69) is 0 Å². The zero-order chi connectivity index (χ0) is 17.5. The molecule has 0 bridgehead atoms. The van der Waals surface area contributed by atoms with Crippen molar-refractivity contribution in [2.75, 3.05) is 6.61 Å². The van der Waals surface area contributed by atoms with E-state index in [1.54, 1.807) is 31.2 Å².